The maximum atomic E-state index is 13.2. The molecule has 0 unspecified atom stereocenters. The Hall–Kier alpha value is -2.58. The monoisotopic (exact) mass is 453 g/mol. The summed E-state index contributed by atoms with van der Waals surface area (Å²) in [4.78, 5) is 34.4. The minimum absolute atomic E-state index is 0.0224. The smallest absolute Gasteiger partial charge is 0.265 e. The van der Waals surface area contributed by atoms with E-state index in [0.29, 0.717) is 5.75 Å². The van der Waals surface area contributed by atoms with E-state index >= 15 is 0 Å². The Morgan fingerprint density at radius 2 is 1.84 bits per heavy atom. The van der Waals surface area contributed by atoms with Crippen molar-refractivity contribution in [2.45, 2.75) is 29.7 Å². The Morgan fingerprint density at radius 1 is 1.06 bits per heavy atom. The van der Waals surface area contributed by atoms with Gasteiger partial charge in [0.25, 0.3) is 5.91 Å². The lowest BCUT2D eigenvalue weighted by Gasteiger charge is -2.37. The van der Waals surface area contributed by atoms with Crippen LogP contribution in [0.3, 0.4) is 0 Å². The molecule has 1 aromatic heterocycles. The van der Waals surface area contributed by atoms with Crippen LogP contribution in [0, 0.1) is 0 Å². The van der Waals surface area contributed by atoms with Crippen molar-refractivity contribution in [2.75, 3.05) is 30.3 Å². The molecule has 31 heavy (non-hydrogen) atoms. The molecular weight excluding hydrogens is 430 g/mol. The van der Waals surface area contributed by atoms with Crippen LogP contribution in [0.5, 0.6) is 5.75 Å². The van der Waals surface area contributed by atoms with E-state index in [1.54, 1.807) is 16.2 Å². The number of thiazole rings is 1. The lowest BCUT2D eigenvalue weighted by atomic mass is 10.1. The average molecular weight is 454 g/mol. The van der Waals surface area contributed by atoms with E-state index in [-0.39, 0.29) is 24.1 Å². The second-order valence-electron chi connectivity index (χ2n) is 7.70. The van der Waals surface area contributed by atoms with E-state index in [0.717, 1.165) is 52.6 Å². The van der Waals surface area contributed by atoms with Crippen molar-refractivity contribution < 1.29 is 14.3 Å². The minimum Gasteiger partial charge on any atom is -0.476 e. The van der Waals surface area contributed by atoms with Crippen molar-refractivity contribution in [3.05, 3.63) is 48.5 Å². The zero-order chi connectivity index (χ0) is 21.2. The Labute approximate surface area is 189 Å². The first kappa shape index (κ1) is 20.3. The largest absolute Gasteiger partial charge is 0.476 e. The summed E-state index contributed by atoms with van der Waals surface area (Å²) >= 11 is 3.03. The summed E-state index contributed by atoms with van der Waals surface area (Å²) in [6.07, 6.45) is 2.54. The van der Waals surface area contributed by atoms with Gasteiger partial charge in [0.15, 0.2) is 10.4 Å². The van der Waals surface area contributed by atoms with Gasteiger partial charge >= 0.3 is 0 Å². The average Bonchev–Trinajstić information content (AvgIpc) is 3.25. The molecule has 8 heteroatoms. The number of para-hydroxylation sites is 3. The van der Waals surface area contributed by atoms with Gasteiger partial charge in [0, 0.05) is 13.1 Å². The number of piperidine rings is 1. The number of carbonyl (C=O) groups is 2. The maximum Gasteiger partial charge on any atom is 0.265 e. The first-order chi connectivity index (χ1) is 15.2. The number of aromatic nitrogens is 1. The standard InChI is InChI=1S/C23H23N3O3S2/c27-21(15-30-23-24-16-8-2-5-11-20(16)31-23)26-14-19(22(28)25-12-6-1-7-13-25)29-18-10-4-3-9-17(18)26/h2-5,8-11,19H,1,6-7,12-15H2/t19-/m1/s1. The number of likely N-dealkylation sites (tertiary alicyclic amines) is 1. The van der Waals surface area contributed by atoms with Gasteiger partial charge < -0.3 is 14.5 Å². The number of nitrogens with zero attached hydrogens (tertiary/aromatic N) is 3. The molecule has 0 saturated carbocycles. The molecule has 2 aliphatic rings. The zero-order valence-electron chi connectivity index (χ0n) is 17.0. The lowest BCUT2D eigenvalue weighted by molar-refractivity contribution is -0.139. The summed E-state index contributed by atoms with van der Waals surface area (Å²) in [7, 11) is 0. The first-order valence-electron chi connectivity index (χ1n) is 10.5. The van der Waals surface area contributed by atoms with Crippen molar-refractivity contribution in [3.63, 3.8) is 0 Å². The van der Waals surface area contributed by atoms with Gasteiger partial charge in [0.1, 0.15) is 5.75 Å². The highest BCUT2D eigenvalue weighted by atomic mass is 32.2. The second-order valence-corrected chi connectivity index (χ2v) is 9.95. The number of amides is 2. The fourth-order valence-corrected chi connectivity index (χ4v) is 5.98. The molecule has 160 valence electrons. The highest BCUT2D eigenvalue weighted by molar-refractivity contribution is 8.01. The van der Waals surface area contributed by atoms with E-state index in [1.807, 2.05) is 53.4 Å². The van der Waals surface area contributed by atoms with Crippen LogP contribution >= 0.6 is 23.1 Å². The van der Waals surface area contributed by atoms with Crippen molar-refractivity contribution in [1.29, 1.82) is 0 Å². The molecule has 1 fully saturated rings. The summed E-state index contributed by atoms with van der Waals surface area (Å²) in [5.74, 6) is 0.781. The molecule has 6 nitrogen and oxygen atoms in total. The van der Waals surface area contributed by atoms with Gasteiger partial charge in [-0.3, -0.25) is 9.59 Å². The highest BCUT2D eigenvalue weighted by Gasteiger charge is 2.36. The molecule has 0 radical (unpaired) electrons. The van der Waals surface area contributed by atoms with Gasteiger partial charge in [-0.2, -0.15) is 0 Å². The summed E-state index contributed by atoms with van der Waals surface area (Å²) in [5, 5.41) is 0. The van der Waals surface area contributed by atoms with Gasteiger partial charge in [-0.25, -0.2) is 4.98 Å². The van der Waals surface area contributed by atoms with E-state index in [2.05, 4.69) is 4.98 Å². The number of hydrogen-bond donors (Lipinski definition) is 0. The third kappa shape index (κ3) is 4.27. The molecule has 3 heterocycles. The summed E-state index contributed by atoms with van der Waals surface area (Å²) in [5.41, 5.74) is 1.67. The van der Waals surface area contributed by atoms with Crippen LogP contribution in [-0.2, 0) is 9.59 Å². The number of fused-ring (bicyclic) bond motifs is 2. The first-order valence-corrected chi connectivity index (χ1v) is 12.3. The number of hydrogen-bond acceptors (Lipinski definition) is 6. The fourth-order valence-electron chi connectivity index (χ4n) is 4.03. The molecule has 2 amide bonds. The summed E-state index contributed by atoms with van der Waals surface area (Å²) in [6.45, 7) is 1.77. The third-order valence-corrected chi connectivity index (χ3v) is 7.78. The van der Waals surface area contributed by atoms with E-state index < -0.39 is 6.10 Å². The quantitative estimate of drug-likeness (QED) is 0.554. The van der Waals surface area contributed by atoms with Gasteiger partial charge in [-0.1, -0.05) is 36.0 Å². The minimum atomic E-state index is -0.663. The maximum absolute atomic E-state index is 13.2. The van der Waals surface area contributed by atoms with Crippen LogP contribution in [0.15, 0.2) is 52.9 Å². The summed E-state index contributed by atoms with van der Waals surface area (Å²) in [6, 6.07) is 15.4. The van der Waals surface area contributed by atoms with Crippen LogP contribution in [0.2, 0.25) is 0 Å². The van der Waals surface area contributed by atoms with E-state index in [4.69, 9.17) is 4.74 Å². The van der Waals surface area contributed by atoms with E-state index in [1.165, 1.54) is 11.8 Å². The number of ether oxygens (including phenoxy) is 1. The van der Waals surface area contributed by atoms with Crippen LogP contribution in [-0.4, -0.2) is 53.2 Å². The number of benzene rings is 2. The van der Waals surface area contributed by atoms with Gasteiger partial charge in [0.05, 0.1) is 28.2 Å². The molecule has 1 saturated heterocycles. The number of rotatable bonds is 4. The van der Waals surface area contributed by atoms with Crippen LogP contribution in [0.4, 0.5) is 5.69 Å². The van der Waals surface area contributed by atoms with Crippen LogP contribution < -0.4 is 9.64 Å². The number of anilines is 1. The Kier molecular flexibility index (Phi) is 5.82. The normalized spacial score (nSPS) is 18.5. The zero-order valence-corrected chi connectivity index (χ0v) is 18.7. The van der Waals surface area contributed by atoms with Gasteiger partial charge in [0.2, 0.25) is 5.91 Å². The van der Waals surface area contributed by atoms with Crippen molar-refractivity contribution in [1.82, 2.24) is 9.88 Å². The van der Waals surface area contributed by atoms with Crippen LogP contribution in [0.25, 0.3) is 10.2 Å². The Balaban J connectivity index is 1.32. The molecule has 0 bridgehead atoms. The molecular formula is C23H23N3O3S2. The molecule has 1 atom stereocenters. The lowest BCUT2D eigenvalue weighted by Crippen LogP contribution is -2.53. The van der Waals surface area contributed by atoms with Crippen LogP contribution in [0.1, 0.15) is 19.3 Å². The number of carbonyl (C=O) groups excluding carboxylic acids is 2. The summed E-state index contributed by atoms with van der Waals surface area (Å²) < 4.78 is 8.01. The van der Waals surface area contributed by atoms with Crippen molar-refractivity contribution in [2.24, 2.45) is 0 Å². The second kappa shape index (κ2) is 8.88. The SMILES string of the molecule is O=C([C@H]1CN(C(=O)CSc2nc3ccccc3s2)c2ccccc2O1)N1CCCCC1. The third-order valence-electron chi connectivity index (χ3n) is 5.61. The molecule has 2 aromatic carbocycles. The van der Waals surface area contributed by atoms with Crippen molar-refractivity contribution in [3.8, 4) is 5.75 Å². The fraction of sp³-hybridized carbons (Fsp3) is 0.348. The topological polar surface area (TPSA) is 62.7 Å². The molecule has 0 N–H and O–H groups in total. The Bertz CT molecular complexity index is 1080. The van der Waals surface area contributed by atoms with Gasteiger partial charge in [-0.15, -0.1) is 11.3 Å². The Morgan fingerprint density at radius 3 is 2.68 bits per heavy atom. The predicted molar refractivity (Wildman–Crippen MR) is 124 cm³/mol. The van der Waals surface area contributed by atoms with Crippen molar-refractivity contribution >= 4 is 50.8 Å². The van der Waals surface area contributed by atoms with E-state index in [9.17, 15) is 9.59 Å². The molecule has 2 aliphatic heterocycles. The highest BCUT2D eigenvalue weighted by Crippen LogP contribution is 2.35. The molecule has 0 spiro atoms. The predicted octanol–water partition coefficient (Wildman–Crippen LogP) is 4.20. The van der Waals surface area contributed by atoms with Gasteiger partial charge in [-0.05, 0) is 43.5 Å². The molecule has 0 aliphatic carbocycles. The number of thioether (sulfide) groups is 1. The molecule has 5 rings (SSSR count). The molecule has 3 aromatic rings.